The van der Waals surface area contributed by atoms with E-state index >= 15 is 0 Å². The minimum absolute atomic E-state index is 0.126. The van der Waals surface area contributed by atoms with Crippen molar-refractivity contribution >= 4 is 27.1 Å². The molecule has 0 saturated heterocycles. The average Bonchev–Trinajstić information content (AvgIpc) is 2.27. The second-order valence-electron chi connectivity index (χ2n) is 3.04. The van der Waals surface area contributed by atoms with E-state index in [0.717, 1.165) is 5.69 Å². The lowest BCUT2D eigenvalue weighted by atomic mass is 10.3. The molecule has 3 nitrogen and oxygen atoms in total. The van der Waals surface area contributed by atoms with Gasteiger partial charge in [0, 0.05) is 18.1 Å². The van der Waals surface area contributed by atoms with Crippen LogP contribution in [0.2, 0.25) is 0 Å². The number of halogens is 1. The molecule has 15 heavy (non-hydrogen) atoms. The monoisotopic (exact) mass is 247 g/mol. The van der Waals surface area contributed by atoms with Gasteiger partial charge in [-0.05, 0) is 24.3 Å². The van der Waals surface area contributed by atoms with Crippen LogP contribution in [0.25, 0.3) is 0 Å². The first-order valence-corrected chi connectivity index (χ1v) is 6.91. The Bertz CT molecular complexity index is 400. The van der Waals surface area contributed by atoms with Crippen molar-refractivity contribution in [3.8, 4) is 0 Å². The zero-order valence-electron chi connectivity index (χ0n) is 8.53. The SMILES string of the molecule is CCS(=O)(=O)c1ccc(NCCCl)cc1. The van der Waals surface area contributed by atoms with Crippen molar-refractivity contribution < 1.29 is 8.42 Å². The predicted octanol–water partition coefficient (Wildman–Crippen LogP) is 2.13. The fourth-order valence-corrected chi connectivity index (χ4v) is 2.12. The van der Waals surface area contributed by atoms with Gasteiger partial charge in [-0.15, -0.1) is 11.6 Å². The fraction of sp³-hybridized carbons (Fsp3) is 0.400. The van der Waals surface area contributed by atoms with Crippen LogP contribution < -0.4 is 5.32 Å². The zero-order valence-corrected chi connectivity index (χ0v) is 10.1. The molecule has 1 aromatic carbocycles. The van der Waals surface area contributed by atoms with Gasteiger partial charge in [0.25, 0.3) is 0 Å². The first-order valence-electron chi connectivity index (χ1n) is 4.73. The first-order chi connectivity index (χ1) is 7.10. The third-order valence-corrected chi connectivity index (χ3v) is 3.96. The highest BCUT2D eigenvalue weighted by Crippen LogP contribution is 2.14. The summed E-state index contributed by atoms with van der Waals surface area (Å²) in [5, 5.41) is 3.06. The normalized spacial score (nSPS) is 11.3. The predicted molar refractivity (Wildman–Crippen MR) is 63.4 cm³/mol. The molecular weight excluding hydrogens is 234 g/mol. The Kier molecular flexibility index (Phi) is 4.42. The Morgan fingerprint density at radius 2 is 1.87 bits per heavy atom. The van der Waals surface area contributed by atoms with E-state index in [1.807, 2.05) is 0 Å². The molecule has 0 heterocycles. The molecule has 0 radical (unpaired) electrons. The summed E-state index contributed by atoms with van der Waals surface area (Å²) in [6.45, 7) is 2.30. The van der Waals surface area contributed by atoms with Crippen molar-refractivity contribution in [1.29, 1.82) is 0 Å². The van der Waals surface area contributed by atoms with Crippen molar-refractivity contribution in [2.45, 2.75) is 11.8 Å². The summed E-state index contributed by atoms with van der Waals surface area (Å²) in [6.07, 6.45) is 0. The molecule has 0 saturated carbocycles. The number of benzene rings is 1. The number of nitrogens with one attached hydrogen (secondary N) is 1. The summed E-state index contributed by atoms with van der Waals surface area (Å²) in [4.78, 5) is 0.362. The molecule has 0 atom stereocenters. The Hall–Kier alpha value is -0.740. The number of hydrogen-bond acceptors (Lipinski definition) is 3. The van der Waals surface area contributed by atoms with Crippen molar-refractivity contribution in [3.05, 3.63) is 24.3 Å². The van der Waals surface area contributed by atoms with Crippen LogP contribution in [0.3, 0.4) is 0 Å². The van der Waals surface area contributed by atoms with Crippen LogP contribution in [0.1, 0.15) is 6.92 Å². The van der Waals surface area contributed by atoms with Gasteiger partial charge in [0.05, 0.1) is 10.6 Å². The van der Waals surface area contributed by atoms with E-state index in [0.29, 0.717) is 17.3 Å². The van der Waals surface area contributed by atoms with Crippen LogP contribution >= 0.6 is 11.6 Å². The summed E-state index contributed by atoms with van der Waals surface area (Å²) in [5.74, 6) is 0.649. The molecule has 0 aliphatic carbocycles. The third-order valence-electron chi connectivity index (χ3n) is 2.02. The molecule has 0 unspecified atom stereocenters. The average molecular weight is 248 g/mol. The van der Waals surface area contributed by atoms with Gasteiger partial charge in [0.2, 0.25) is 0 Å². The molecule has 0 spiro atoms. The van der Waals surface area contributed by atoms with E-state index in [1.165, 1.54) is 0 Å². The van der Waals surface area contributed by atoms with Gasteiger partial charge < -0.3 is 5.32 Å². The largest absolute Gasteiger partial charge is 0.384 e. The highest BCUT2D eigenvalue weighted by Gasteiger charge is 2.10. The number of alkyl halides is 1. The van der Waals surface area contributed by atoms with Gasteiger partial charge in [0.1, 0.15) is 0 Å². The lowest BCUT2D eigenvalue weighted by Crippen LogP contribution is -2.05. The summed E-state index contributed by atoms with van der Waals surface area (Å²) in [6, 6.07) is 6.70. The highest BCUT2D eigenvalue weighted by molar-refractivity contribution is 7.91. The first kappa shape index (κ1) is 12.3. The van der Waals surface area contributed by atoms with Crippen LogP contribution in [0.5, 0.6) is 0 Å². The van der Waals surface area contributed by atoms with E-state index in [4.69, 9.17) is 11.6 Å². The van der Waals surface area contributed by atoms with E-state index in [9.17, 15) is 8.42 Å². The summed E-state index contributed by atoms with van der Waals surface area (Å²) in [5.41, 5.74) is 0.880. The van der Waals surface area contributed by atoms with Gasteiger partial charge in [0.15, 0.2) is 9.84 Å². The minimum atomic E-state index is -3.09. The molecule has 5 heteroatoms. The highest BCUT2D eigenvalue weighted by atomic mass is 35.5. The molecule has 1 rings (SSSR count). The molecule has 1 aromatic rings. The van der Waals surface area contributed by atoms with E-state index in [1.54, 1.807) is 31.2 Å². The molecule has 0 bridgehead atoms. The molecule has 0 amide bonds. The standard InChI is InChI=1S/C10H14ClNO2S/c1-2-15(13,14)10-5-3-9(4-6-10)12-8-7-11/h3-6,12H,2,7-8H2,1H3. The van der Waals surface area contributed by atoms with Crippen LogP contribution in [0.15, 0.2) is 29.2 Å². The van der Waals surface area contributed by atoms with Crippen LogP contribution in [0, 0.1) is 0 Å². The summed E-state index contributed by atoms with van der Waals surface area (Å²) >= 11 is 5.52. The van der Waals surface area contributed by atoms with Crippen molar-refractivity contribution in [3.63, 3.8) is 0 Å². The second kappa shape index (κ2) is 5.37. The fourth-order valence-electron chi connectivity index (χ4n) is 1.14. The molecule has 0 fully saturated rings. The van der Waals surface area contributed by atoms with Gasteiger partial charge in [-0.3, -0.25) is 0 Å². The maximum atomic E-state index is 11.5. The Morgan fingerprint density at radius 3 is 2.33 bits per heavy atom. The van der Waals surface area contributed by atoms with Crippen LogP contribution in [0.4, 0.5) is 5.69 Å². The quantitative estimate of drug-likeness (QED) is 0.811. The van der Waals surface area contributed by atoms with E-state index in [-0.39, 0.29) is 5.75 Å². The minimum Gasteiger partial charge on any atom is -0.384 e. The number of anilines is 1. The summed E-state index contributed by atoms with van der Waals surface area (Å²) < 4.78 is 23.0. The summed E-state index contributed by atoms with van der Waals surface area (Å²) in [7, 11) is -3.09. The number of rotatable bonds is 5. The molecule has 1 N–H and O–H groups in total. The van der Waals surface area contributed by atoms with Crippen LogP contribution in [-0.2, 0) is 9.84 Å². The lowest BCUT2D eigenvalue weighted by Gasteiger charge is -2.05. The topological polar surface area (TPSA) is 46.2 Å². The van der Waals surface area contributed by atoms with Gasteiger partial charge in [-0.2, -0.15) is 0 Å². The third kappa shape index (κ3) is 3.39. The van der Waals surface area contributed by atoms with E-state index in [2.05, 4.69) is 5.32 Å². The Balaban J connectivity index is 2.81. The molecule has 84 valence electrons. The molecular formula is C10H14ClNO2S. The maximum absolute atomic E-state index is 11.5. The Labute approximate surface area is 95.4 Å². The number of sulfone groups is 1. The van der Waals surface area contributed by atoms with Crippen molar-refractivity contribution in [1.82, 2.24) is 0 Å². The van der Waals surface area contributed by atoms with Crippen LogP contribution in [-0.4, -0.2) is 26.6 Å². The zero-order chi connectivity index (χ0) is 11.3. The number of hydrogen-bond donors (Lipinski definition) is 1. The lowest BCUT2D eigenvalue weighted by molar-refractivity contribution is 0.597. The molecule has 0 aliphatic rings. The van der Waals surface area contributed by atoms with Crippen molar-refractivity contribution in [2.24, 2.45) is 0 Å². The van der Waals surface area contributed by atoms with Gasteiger partial charge in [-0.1, -0.05) is 6.92 Å². The molecule has 0 aliphatic heterocycles. The second-order valence-corrected chi connectivity index (χ2v) is 5.70. The van der Waals surface area contributed by atoms with E-state index < -0.39 is 9.84 Å². The van der Waals surface area contributed by atoms with Gasteiger partial charge >= 0.3 is 0 Å². The maximum Gasteiger partial charge on any atom is 0.178 e. The molecule has 0 aromatic heterocycles. The van der Waals surface area contributed by atoms with Gasteiger partial charge in [-0.25, -0.2) is 8.42 Å². The Morgan fingerprint density at radius 1 is 1.27 bits per heavy atom. The smallest absolute Gasteiger partial charge is 0.178 e. The van der Waals surface area contributed by atoms with Crippen molar-refractivity contribution in [2.75, 3.05) is 23.5 Å².